The Morgan fingerprint density at radius 1 is 0.625 bits per heavy atom. The van der Waals surface area contributed by atoms with Crippen molar-refractivity contribution >= 4 is 32.6 Å². The lowest BCUT2D eigenvalue weighted by atomic mass is 10.1. The van der Waals surface area contributed by atoms with Crippen LogP contribution in [0.25, 0.3) is 44.0 Å². The Morgan fingerprint density at radius 2 is 1.42 bits per heavy atom. The van der Waals surface area contributed by atoms with Gasteiger partial charge in [0.05, 0.1) is 22.3 Å². The highest BCUT2D eigenvalue weighted by molar-refractivity contribution is 6.05. The van der Waals surface area contributed by atoms with Gasteiger partial charge in [0.1, 0.15) is 0 Å². The number of benzene rings is 3. The van der Waals surface area contributed by atoms with Crippen LogP contribution in [0.15, 0.2) is 77.6 Å². The van der Waals surface area contributed by atoms with Gasteiger partial charge < -0.3 is 9.97 Å². The first-order chi connectivity index (χ1) is 11.8. The van der Waals surface area contributed by atoms with Crippen molar-refractivity contribution in [3.8, 4) is 11.4 Å². The van der Waals surface area contributed by atoms with Crippen LogP contribution < -0.4 is 5.43 Å². The van der Waals surface area contributed by atoms with E-state index < -0.39 is 0 Å². The molecule has 0 bridgehead atoms. The second kappa shape index (κ2) is 4.83. The van der Waals surface area contributed by atoms with Crippen molar-refractivity contribution in [2.45, 2.75) is 0 Å². The Kier molecular flexibility index (Phi) is 2.65. The fourth-order valence-electron chi connectivity index (χ4n) is 3.36. The second-order valence-electron chi connectivity index (χ2n) is 6.03. The summed E-state index contributed by atoms with van der Waals surface area (Å²) >= 11 is 0. The van der Waals surface area contributed by atoms with Gasteiger partial charge in [0.25, 0.3) is 0 Å². The molecular formula is C21H14N2O. The molecule has 0 aliphatic carbocycles. The van der Waals surface area contributed by atoms with E-state index in [4.69, 9.17) is 0 Å². The number of pyridine rings is 1. The van der Waals surface area contributed by atoms with Crippen molar-refractivity contribution in [3.63, 3.8) is 0 Å². The van der Waals surface area contributed by atoms with Gasteiger partial charge in [-0.2, -0.15) is 0 Å². The number of aromatic amines is 2. The van der Waals surface area contributed by atoms with Crippen LogP contribution in [0.4, 0.5) is 0 Å². The van der Waals surface area contributed by atoms with Gasteiger partial charge in [-0.05, 0) is 35.0 Å². The number of H-pyrrole nitrogens is 2. The maximum absolute atomic E-state index is 12.4. The van der Waals surface area contributed by atoms with Crippen molar-refractivity contribution in [3.05, 3.63) is 83.0 Å². The smallest absolute Gasteiger partial charge is 0.188 e. The summed E-state index contributed by atoms with van der Waals surface area (Å²) in [6.07, 6.45) is 0. The van der Waals surface area contributed by atoms with Crippen LogP contribution in [0, 0.1) is 0 Å². The monoisotopic (exact) mass is 310 g/mol. The Hall–Kier alpha value is -3.33. The summed E-state index contributed by atoms with van der Waals surface area (Å²) in [6, 6.07) is 23.8. The number of hydrogen-bond donors (Lipinski definition) is 2. The second-order valence-corrected chi connectivity index (χ2v) is 6.03. The fourth-order valence-corrected chi connectivity index (χ4v) is 3.36. The first kappa shape index (κ1) is 13.1. The molecule has 3 nitrogen and oxygen atoms in total. The van der Waals surface area contributed by atoms with Gasteiger partial charge in [0.2, 0.25) is 0 Å². The van der Waals surface area contributed by atoms with E-state index >= 15 is 0 Å². The molecule has 0 aliphatic rings. The minimum atomic E-state index is 0.0446. The maximum atomic E-state index is 12.4. The molecule has 3 heteroatoms. The lowest BCUT2D eigenvalue weighted by molar-refractivity contribution is 1.35. The van der Waals surface area contributed by atoms with Gasteiger partial charge in [0.15, 0.2) is 5.43 Å². The normalized spacial score (nSPS) is 11.5. The molecule has 0 saturated heterocycles. The highest BCUT2D eigenvalue weighted by Crippen LogP contribution is 2.27. The molecule has 0 unspecified atom stereocenters. The summed E-state index contributed by atoms with van der Waals surface area (Å²) in [4.78, 5) is 19.2. The largest absolute Gasteiger partial charge is 0.353 e. The van der Waals surface area contributed by atoms with Crippen LogP contribution in [-0.2, 0) is 0 Å². The molecule has 24 heavy (non-hydrogen) atoms. The average Bonchev–Trinajstić information content (AvgIpc) is 3.05. The molecule has 0 amide bonds. The predicted octanol–water partition coefficient (Wildman–Crippen LogP) is 4.83. The van der Waals surface area contributed by atoms with Crippen LogP contribution in [0.5, 0.6) is 0 Å². The highest BCUT2D eigenvalue weighted by Gasteiger charge is 2.08. The molecule has 0 fully saturated rings. The summed E-state index contributed by atoms with van der Waals surface area (Å²) in [5.41, 5.74) is 4.01. The lowest BCUT2D eigenvalue weighted by Gasteiger charge is -2.06. The number of para-hydroxylation sites is 1. The van der Waals surface area contributed by atoms with Gasteiger partial charge >= 0.3 is 0 Å². The molecule has 5 rings (SSSR count). The van der Waals surface area contributed by atoms with Crippen LogP contribution in [0.3, 0.4) is 0 Å². The van der Waals surface area contributed by atoms with E-state index in [-0.39, 0.29) is 5.43 Å². The third-order valence-electron chi connectivity index (χ3n) is 4.55. The molecule has 114 valence electrons. The first-order valence-electron chi connectivity index (χ1n) is 7.92. The van der Waals surface area contributed by atoms with Crippen LogP contribution >= 0.6 is 0 Å². The Morgan fingerprint density at radius 3 is 2.33 bits per heavy atom. The Balaban J connectivity index is 1.83. The zero-order valence-corrected chi connectivity index (χ0v) is 12.8. The van der Waals surface area contributed by atoms with Crippen molar-refractivity contribution < 1.29 is 0 Å². The Labute approximate surface area is 137 Å². The van der Waals surface area contributed by atoms with Gasteiger partial charge in [-0.25, -0.2) is 0 Å². The third-order valence-corrected chi connectivity index (χ3v) is 4.55. The molecular weight excluding hydrogens is 296 g/mol. The number of hydrogen-bond acceptors (Lipinski definition) is 1. The van der Waals surface area contributed by atoms with Gasteiger partial charge in [-0.1, -0.05) is 48.5 Å². The van der Waals surface area contributed by atoms with E-state index in [2.05, 4.69) is 34.2 Å². The molecule has 0 atom stereocenters. The van der Waals surface area contributed by atoms with Crippen molar-refractivity contribution in [2.24, 2.45) is 0 Å². The van der Waals surface area contributed by atoms with E-state index in [0.717, 1.165) is 38.6 Å². The molecule has 2 aromatic heterocycles. The molecule has 0 saturated carbocycles. The van der Waals surface area contributed by atoms with E-state index in [9.17, 15) is 4.79 Å². The van der Waals surface area contributed by atoms with E-state index in [1.54, 1.807) is 12.1 Å². The first-order valence-corrected chi connectivity index (χ1v) is 7.92. The summed E-state index contributed by atoms with van der Waals surface area (Å²) in [7, 11) is 0. The molecule has 0 aliphatic heterocycles. The SMILES string of the molecule is O=c1cccc2ccc3ccc(-c4cc5ccccc5[nH]4)[nH]c3c12. The standard InChI is InChI=1S/C21H14N2O/c24-19-7-3-5-13-8-9-14-10-11-17(23-21(14)20(13)19)18-12-15-4-1-2-6-16(15)22-18/h1-12,22-23H. The molecule has 2 heterocycles. The van der Waals surface area contributed by atoms with E-state index in [0.29, 0.717) is 0 Å². The molecule has 3 aromatic carbocycles. The topological polar surface area (TPSA) is 48.6 Å². The van der Waals surface area contributed by atoms with Gasteiger partial charge in [-0.15, -0.1) is 0 Å². The zero-order chi connectivity index (χ0) is 16.1. The number of fused-ring (bicyclic) bond motifs is 4. The summed E-state index contributed by atoms with van der Waals surface area (Å²) < 4.78 is 0. The lowest BCUT2D eigenvalue weighted by Crippen LogP contribution is -2.00. The average molecular weight is 310 g/mol. The van der Waals surface area contributed by atoms with Crippen LogP contribution in [0.2, 0.25) is 0 Å². The van der Waals surface area contributed by atoms with Gasteiger partial charge in [0, 0.05) is 10.9 Å². The predicted molar refractivity (Wildman–Crippen MR) is 99.4 cm³/mol. The third kappa shape index (κ3) is 1.88. The fraction of sp³-hybridized carbons (Fsp3) is 0. The summed E-state index contributed by atoms with van der Waals surface area (Å²) in [6.45, 7) is 0. The van der Waals surface area contributed by atoms with Crippen LogP contribution in [0.1, 0.15) is 0 Å². The van der Waals surface area contributed by atoms with Gasteiger partial charge in [-0.3, -0.25) is 4.79 Å². The van der Waals surface area contributed by atoms with E-state index in [1.807, 2.05) is 36.4 Å². The maximum Gasteiger partial charge on any atom is 0.188 e. The van der Waals surface area contributed by atoms with E-state index in [1.165, 1.54) is 5.39 Å². The summed E-state index contributed by atoms with van der Waals surface area (Å²) in [5, 5.41) is 3.90. The van der Waals surface area contributed by atoms with Crippen LogP contribution in [-0.4, -0.2) is 9.97 Å². The molecule has 2 N–H and O–H groups in total. The minimum absolute atomic E-state index is 0.0446. The summed E-state index contributed by atoms with van der Waals surface area (Å²) in [5.74, 6) is 0. The number of nitrogens with one attached hydrogen (secondary N) is 2. The minimum Gasteiger partial charge on any atom is -0.353 e. The molecule has 0 spiro atoms. The van der Waals surface area contributed by atoms with Crippen molar-refractivity contribution in [2.75, 3.05) is 0 Å². The highest BCUT2D eigenvalue weighted by atomic mass is 16.1. The molecule has 0 radical (unpaired) electrons. The number of rotatable bonds is 1. The quantitative estimate of drug-likeness (QED) is 0.428. The Bertz CT molecular complexity index is 1240. The molecule has 5 aromatic rings. The number of aromatic nitrogens is 2. The zero-order valence-electron chi connectivity index (χ0n) is 12.8. The van der Waals surface area contributed by atoms with Crippen molar-refractivity contribution in [1.82, 2.24) is 9.97 Å². The van der Waals surface area contributed by atoms with Crippen molar-refractivity contribution in [1.29, 1.82) is 0 Å².